The zero-order chi connectivity index (χ0) is 13.6. The Morgan fingerprint density at radius 2 is 2.00 bits per heavy atom. The Labute approximate surface area is 103 Å². The van der Waals surface area contributed by atoms with E-state index in [0.29, 0.717) is 24.8 Å². The molecule has 0 aromatic carbocycles. The maximum Gasteiger partial charge on any atom is 0.233 e. The van der Waals surface area contributed by atoms with Crippen LogP contribution in [-0.4, -0.2) is 23.5 Å². The van der Waals surface area contributed by atoms with Crippen LogP contribution in [0.1, 0.15) is 41.0 Å². The number of nitrogens with one attached hydrogen (secondary N) is 1. The van der Waals surface area contributed by atoms with Crippen molar-refractivity contribution in [2.75, 3.05) is 6.54 Å². The highest BCUT2D eigenvalue weighted by molar-refractivity contribution is 6.06. The molecule has 0 saturated carbocycles. The van der Waals surface area contributed by atoms with Crippen molar-refractivity contribution >= 4 is 11.7 Å². The van der Waals surface area contributed by atoms with Crippen LogP contribution in [0.5, 0.6) is 0 Å². The Balaban J connectivity index is 4.58. The molecule has 0 spiro atoms. The third kappa shape index (κ3) is 3.91. The summed E-state index contributed by atoms with van der Waals surface area (Å²) in [6.07, 6.45) is 0.491. The van der Waals surface area contributed by atoms with E-state index < -0.39 is 5.41 Å². The van der Waals surface area contributed by atoms with Crippen molar-refractivity contribution in [2.45, 2.75) is 41.0 Å². The normalized spacial score (nSPS) is 17.6. The van der Waals surface area contributed by atoms with Crippen LogP contribution in [0.25, 0.3) is 0 Å². The van der Waals surface area contributed by atoms with Gasteiger partial charge in [0.05, 0.1) is 0 Å². The van der Waals surface area contributed by atoms with Gasteiger partial charge in [0.15, 0.2) is 5.84 Å². The molecular formula is C12H25N3O2. The van der Waals surface area contributed by atoms with Gasteiger partial charge in [-0.2, -0.15) is 0 Å². The SMILES string of the molecule is CCC(C)(C(=O)NCC(C)C(C)C)C(N)=NO. The number of amidine groups is 1. The molecule has 2 atom stereocenters. The number of nitrogens with zero attached hydrogens (tertiary/aromatic N) is 1. The summed E-state index contributed by atoms with van der Waals surface area (Å²) in [7, 11) is 0. The average Bonchev–Trinajstić information content (AvgIpc) is 2.32. The Morgan fingerprint density at radius 1 is 1.47 bits per heavy atom. The predicted molar refractivity (Wildman–Crippen MR) is 68.8 cm³/mol. The highest BCUT2D eigenvalue weighted by Gasteiger charge is 2.36. The van der Waals surface area contributed by atoms with E-state index in [0.717, 1.165) is 0 Å². The molecule has 2 unspecified atom stereocenters. The van der Waals surface area contributed by atoms with E-state index in [9.17, 15) is 4.79 Å². The minimum absolute atomic E-state index is 0.0466. The van der Waals surface area contributed by atoms with Gasteiger partial charge in [0.2, 0.25) is 5.91 Å². The van der Waals surface area contributed by atoms with Crippen LogP contribution in [0.3, 0.4) is 0 Å². The molecule has 5 nitrogen and oxygen atoms in total. The van der Waals surface area contributed by atoms with Crippen LogP contribution < -0.4 is 11.1 Å². The minimum atomic E-state index is -0.939. The molecule has 0 saturated heterocycles. The minimum Gasteiger partial charge on any atom is -0.409 e. The van der Waals surface area contributed by atoms with Crippen LogP contribution in [0.2, 0.25) is 0 Å². The molecule has 0 aromatic rings. The van der Waals surface area contributed by atoms with Crippen molar-refractivity contribution in [1.82, 2.24) is 5.32 Å². The van der Waals surface area contributed by atoms with E-state index in [4.69, 9.17) is 10.9 Å². The highest BCUT2D eigenvalue weighted by atomic mass is 16.4. The average molecular weight is 243 g/mol. The van der Waals surface area contributed by atoms with Gasteiger partial charge in [0.1, 0.15) is 5.41 Å². The number of carbonyl (C=O) groups excluding carboxylic acids is 1. The molecule has 0 aromatic heterocycles. The van der Waals surface area contributed by atoms with Crippen molar-refractivity contribution in [3.05, 3.63) is 0 Å². The topological polar surface area (TPSA) is 87.7 Å². The van der Waals surface area contributed by atoms with Crippen LogP contribution in [0, 0.1) is 17.3 Å². The second-order valence-electron chi connectivity index (χ2n) is 5.10. The Hall–Kier alpha value is -1.26. The molecule has 17 heavy (non-hydrogen) atoms. The summed E-state index contributed by atoms with van der Waals surface area (Å²) in [5.74, 6) is 0.664. The fourth-order valence-corrected chi connectivity index (χ4v) is 1.25. The van der Waals surface area contributed by atoms with E-state index in [-0.39, 0.29) is 11.7 Å². The van der Waals surface area contributed by atoms with Crippen molar-refractivity contribution in [3.8, 4) is 0 Å². The maximum absolute atomic E-state index is 12.0. The summed E-state index contributed by atoms with van der Waals surface area (Å²) >= 11 is 0. The maximum atomic E-state index is 12.0. The lowest BCUT2D eigenvalue weighted by molar-refractivity contribution is -0.127. The summed E-state index contributed by atoms with van der Waals surface area (Å²) in [5.41, 5.74) is 4.63. The Morgan fingerprint density at radius 3 is 2.35 bits per heavy atom. The second-order valence-corrected chi connectivity index (χ2v) is 5.10. The van der Waals surface area contributed by atoms with Crippen LogP contribution in [-0.2, 0) is 4.79 Å². The molecule has 4 N–H and O–H groups in total. The van der Waals surface area contributed by atoms with Crippen LogP contribution in [0.15, 0.2) is 5.16 Å². The van der Waals surface area contributed by atoms with Crippen LogP contribution in [0.4, 0.5) is 0 Å². The molecule has 5 heteroatoms. The predicted octanol–water partition coefficient (Wildman–Crippen LogP) is 1.56. The van der Waals surface area contributed by atoms with Gasteiger partial charge in [0.25, 0.3) is 0 Å². The number of rotatable bonds is 6. The zero-order valence-corrected chi connectivity index (χ0v) is 11.4. The van der Waals surface area contributed by atoms with Gasteiger partial charge >= 0.3 is 0 Å². The summed E-state index contributed by atoms with van der Waals surface area (Å²) in [4.78, 5) is 12.0. The summed E-state index contributed by atoms with van der Waals surface area (Å²) in [6, 6.07) is 0. The summed E-state index contributed by atoms with van der Waals surface area (Å²) in [5, 5.41) is 14.5. The molecule has 0 heterocycles. The molecular weight excluding hydrogens is 218 g/mol. The number of hydrogen-bond acceptors (Lipinski definition) is 3. The molecule has 0 aliphatic carbocycles. The molecule has 0 radical (unpaired) electrons. The van der Waals surface area contributed by atoms with Crippen molar-refractivity contribution in [2.24, 2.45) is 28.1 Å². The number of carbonyl (C=O) groups is 1. The highest BCUT2D eigenvalue weighted by Crippen LogP contribution is 2.21. The smallest absolute Gasteiger partial charge is 0.233 e. The monoisotopic (exact) mass is 243 g/mol. The number of hydrogen-bond donors (Lipinski definition) is 3. The molecule has 100 valence electrons. The zero-order valence-electron chi connectivity index (χ0n) is 11.4. The lowest BCUT2D eigenvalue weighted by Gasteiger charge is -2.26. The lowest BCUT2D eigenvalue weighted by Crippen LogP contribution is -2.48. The van der Waals surface area contributed by atoms with Gasteiger partial charge in [-0.3, -0.25) is 4.79 Å². The first-order chi connectivity index (χ1) is 7.79. The van der Waals surface area contributed by atoms with E-state index >= 15 is 0 Å². The molecule has 0 bridgehead atoms. The quantitative estimate of drug-likeness (QED) is 0.286. The first kappa shape index (κ1) is 15.7. The van der Waals surface area contributed by atoms with Gasteiger partial charge in [-0.1, -0.05) is 32.9 Å². The van der Waals surface area contributed by atoms with Gasteiger partial charge in [0, 0.05) is 6.54 Å². The largest absolute Gasteiger partial charge is 0.409 e. The lowest BCUT2D eigenvalue weighted by atomic mass is 9.85. The fourth-order valence-electron chi connectivity index (χ4n) is 1.25. The number of amides is 1. The van der Waals surface area contributed by atoms with Crippen LogP contribution >= 0.6 is 0 Å². The second kappa shape index (κ2) is 6.47. The van der Waals surface area contributed by atoms with E-state index in [1.807, 2.05) is 6.92 Å². The summed E-state index contributed by atoms with van der Waals surface area (Å²) in [6.45, 7) is 10.4. The third-order valence-corrected chi connectivity index (χ3v) is 3.60. The third-order valence-electron chi connectivity index (χ3n) is 3.60. The first-order valence-corrected chi connectivity index (χ1v) is 6.05. The molecule has 0 fully saturated rings. The Kier molecular flexibility index (Phi) is 5.99. The van der Waals surface area contributed by atoms with Gasteiger partial charge < -0.3 is 16.3 Å². The first-order valence-electron chi connectivity index (χ1n) is 6.05. The van der Waals surface area contributed by atoms with Gasteiger partial charge in [-0.05, 0) is 25.2 Å². The van der Waals surface area contributed by atoms with Crippen molar-refractivity contribution in [1.29, 1.82) is 0 Å². The van der Waals surface area contributed by atoms with Gasteiger partial charge in [-0.15, -0.1) is 0 Å². The Bertz CT molecular complexity index is 289. The fraction of sp³-hybridized carbons (Fsp3) is 0.833. The van der Waals surface area contributed by atoms with E-state index in [1.165, 1.54) is 0 Å². The number of oxime groups is 1. The molecule has 0 aliphatic rings. The van der Waals surface area contributed by atoms with Crippen molar-refractivity contribution < 1.29 is 10.0 Å². The van der Waals surface area contributed by atoms with E-state index in [1.54, 1.807) is 6.92 Å². The summed E-state index contributed by atoms with van der Waals surface area (Å²) < 4.78 is 0. The van der Waals surface area contributed by atoms with Gasteiger partial charge in [-0.25, -0.2) is 0 Å². The van der Waals surface area contributed by atoms with Crippen molar-refractivity contribution in [3.63, 3.8) is 0 Å². The standard InChI is InChI=1S/C12H25N3O2/c1-6-12(5,10(13)15-17)11(16)14-7-9(4)8(2)3/h8-9,17H,6-7H2,1-5H3,(H2,13,15)(H,14,16). The molecule has 0 aliphatic heterocycles. The molecule has 0 rings (SSSR count). The number of nitrogens with two attached hydrogens (primary N) is 1. The molecule has 1 amide bonds. The van der Waals surface area contributed by atoms with E-state index in [2.05, 4.69) is 31.2 Å².